The van der Waals surface area contributed by atoms with Crippen molar-refractivity contribution in [1.29, 1.82) is 0 Å². The standard InChI is InChI=1S/C8H8F2N2O5S/c1-4-2-5(17-8(9)10)3-6(12(13)14)7(4)18(11,15)16/h2-3,8H,1H3,(H2,11,15,16). The summed E-state index contributed by atoms with van der Waals surface area (Å²) >= 11 is 0. The maximum Gasteiger partial charge on any atom is 0.387 e. The zero-order valence-corrected chi connectivity index (χ0v) is 9.78. The van der Waals surface area contributed by atoms with Crippen molar-refractivity contribution in [3.8, 4) is 5.75 Å². The summed E-state index contributed by atoms with van der Waals surface area (Å²) in [7, 11) is -4.34. The Morgan fingerprint density at radius 2 is 2.00 bits per heavy atom. The number of nitrogens with two attached hydrogens (primary N) is 1. The van der Waals surface area contributed by atoms with Gasteiger partial charge in [0.15, 0.2) is 4.90 Å². The molecule has 18 heavy (non-hydrogen) atoms. The number of primary sulfonamides is 1. The topological polar surface area (TPSA) is 113 Å². The number of hydrogen-bond acceptors (Lipinski definition) is 5. The van der Waals surface area contributed by atoms with Crippen molar-refractivity contribution < 1.29 is 26.9 Å². The fourth-order valence-corrected chi connectivity index (χ4v) is 2.33. The molecular weight excluding hydrogens is 274 g/mol. The molecule has 0 bridgehead atoms. The van der Waals surface area contributed by atoms with E-state index >= 15 is 0 Å². The van der Waals surface area contributed by atoms with Crippen LogP contribution in [0.1, 0.15) is 5.56 Å². The van der Waals surface area contributed by atoms with Gasteiger partial charge in [-0.3, -0.25) is 10.1 Å². The summed E-state index contributed by atoms with van der Waals surface area (Å²) in [4.78, 5) is 8.94. The minimum absolute atomic E-state index is 0.151. The van der Waals surface area contributed by atoms with Crippen LogP contribution in [0.5, 0.6) is 5.75 Å². The van der Waals surface area contributed by atoms with Gasteiger partial charge >= 0.3 is 6.61 Å². The Morgan fingerprint density at radius 1 is 1.44 bits per heavy atom. The Labute approximate surface area is 100 Å². The van der Waals surface area contributed by atoms with Crippen molar-refractivity contribution >= 4 is 15.7 Å². The van der Waals surface area contributed by atoms with Gasteiger partial charge in [0, 0.05) is 0 Å². The van der Waals surface area contributed by atoms with Crippen LogP contribution in [0.3, 0.4) is 0 Å². The molecule has 100 valence electrons. The maximum atomic E-state index is 12.0. The number of alkyl halides is 2. The highest BCUT2D eigenvalue weighted by Gasteiger charge is 2.27. The monoisotopic (exact) mass is 282 g/mol. The number of benzene rings is 1. The molecule has 7 nitrogen and oxygen atoms in total. The van der Waals surface area contributed by atoms with Gasteiger partial charge in [-0.1, -0.05) is 0 Å². The molecule has 2 N–H and O–H groups in total. The van der Waals surface area contributed by atoms with E-state index in [2.05, 4.69) is 4.74 Å². The summed E-state index contributed by atoms with van der Waals surface area (Å²) < 4.78 is 50.3. The lowest BCUT2D eigenvalue weighted by Crippen LogP contribution is -2.16. The highest BCUT2D eigenvalue weighted by molar-refractivity contribution is 7.89. The zero-order chi connectivity index (χ0) is 14.1. The first-order valence-corrected chi connectivity index (χ1v) is 5.94. The first kappa shape index (κ1) is 14.3. The molecule has 0 atom stereocenters. The predicted octanol–water partition coefficient (Wildman–Crippen LogP) is 1.15. The van der Waals surface area contributed by atoms with Crippen molar-refractivity contribution in [1.82, 2.24) is 0 Å². The van der Waals surface area contributed by atoms with Crippen molar-refractivity contribution in [3.05, 3.63) is 27.8 Å². The molecule has 0 radical (unpaired) electrons. The van der Waals surface area contributed by atoms with Gasteiger partial charge in [-0.05, 0) is 18.6 Å². The van der Waals surface area contributed by atoms with Gasteiger partial charge < -0.3 is 4.74 Å². The molecule has 1 aromatic carbocycles. The molecule has 10 heteroatoms. The average molecular weight is 282 g/mol. The molecule has 0 aromatic heterocycles. The minimum atomic E-state index is -4.34. The second-order valence-corrected chi connectivity index (χ2v) is 4.77. The Kier molecular flexibility index (Phi) is 3.82. The van der Waals surface area contributed by atoms with Gasteiger partial charge in [0.25, 0.3) is 5.69 Å². The van der Waals surface area contributed by atoms with Crippen molar-refractivity contribution in [2.75, 3.05) is 0 Å². The smallest absolute Gasteiger partial charge is 0.387 e. The average Bonchev–Trinajstić information content (AvgIpc) is 2.12. The van der Waals surface area contributed by atoms with E-state index in [1.165, 1.54) is 6.92 Å². The Balaban J connectivity index is 3.51. The summed E-state index contributed by atoms with van der Waals surface area (Å²) in [5.74, 6) is -0.512. The highest BCUT2D eigenvalue weighted by Crippen LogP contribution is 2.31. The Morgan fingerprint density at radius 3 is 2.39 bits per heavy atom. The zero-order valence-electron chi connectivity index (χ0n) is 8.96. The lowest BCUT2D eigenvalue weighted by Gasteiger charge is -2.09. The second kappa shape index (κ2) is 4.82. The number of aryl methyl sites for hydroxylation is 1. The molecule has 0 aliphatic heterocycles. The number of sulfonamides is 1. The minimum Gasteiger partial charge on any atom is -0.435 e. The molecular formula is C8H8F2N2O5S. The molecule has 0 saturated carbocycles. The van der Waals surface area contributed by atoms with Crippen molar-refractivity contribution in [2.24, 2.45) is 5.14 Å². The van der Waals surface area contributed by atoms with E-state index in [9.17, 15) is 27.3 Å². The van der Waals surface area contributed by atoms with E-state index in [1.807, 2.05) is 0 Å². The van der Waals surface area contributed by atoms with Crippen LogP contribution in [0.4, 0.5) is 14.5 Å². The first-order chi connectivity index (χ1) is 8.12. The van der Waals surface area contributed by atoms with E-state index in [-0.39, 0.29) is 5.56 Å². The van der Waals surface area contributed by atoms with E-state index in [0.717, 1.165) is 6.07 Å². The molecule has 0 unspecified atom stereocenters. The Bertz CT molecular complexity index is 587. The molecule has 0 amide bonds. The molecule has 0 saturated heterocycles. The van der Waals surface area contributed by atoms with Gasteiger partial charge in [0.05, 0.1) is 11.0 Å². The number of nitro benzene ring substituents is 1. The number of hydrogen-bond donors (Lipinski definition) is 1. The van der Waals surface area contributed by atoms with E-state index in [1.54, 1.807) is 0 Å². The van der Waals surface area contributed by atoms with Crippen molar-refractivity contribution in [2.45, 2.75) is 18.4 Å². The third-order valence-corrected chi connectivity index (χ3v) is 3.04. The lowest BCUT2D eigenvalue weighted by molar-refractivity contribution is -0.388. The van der Waals surface area contributed by atoms with Gasteiger partial charge in [0.2, 0.25) is 10.0 Å². The van der Waals surface area contributed by atoms with Crippen LogP contribution in [-0.2, 0) is 10.0 Å². The van der Waals surface area contributed by atoms with E-state index in [4.69, 9.17) is 5.14 Å². The van der Waals surface area contributed by atoms with Crippen LogP contribution in [0, 0.1) is 17.0 Å². The fourth-order valence-electron chi connectivity index (χ4n) is 1.40. The first-order valence-electron chi connectivity index (χ1n) is 4.39. The van der Waals surface area contributed by atoms with Gasteiger partial charge in [-0.15, -0.1) is 0 Å². The van der Waals surface area contributed by atoms with Crippen LogP contribution < -0.4 is 9.88 Å². The third-order valence-electron chi connectivity index (χ3n) is 1.93. The Hall–Kier alpha value is -1.81. The third kappa shape index (κ3) is 3.11. The molecule has 1 aromatic rings. The fraction of sp³-hybridized carbons (Fsp3) is 0.250. The summed E-state index contributed by atoms with van der Waals surface area (Å²) in [6.45, 7) is -1.99. The number of halogens is 2. The van der Waals surface area contributed by atoms with Gasteiger partial charge in [-0.25, -0.2) is 13.6 Å². The number of nitrogens with zero attached hydrogens (tertiary/aromatic N) is 1. The predicted molar refractivity (Wildman–Crippen MR) is 55.8 cm³/mol. The van der Waals surface area contributed by atoms with Gasteiger partial charge in [0.1, 0.15) is 5.75 Å². The molecule has 0 spiro atoms. The van der Waals surface area contributed by atoms with E-state index in [0.29, 0.717) is 6.07 Å². The van der Waals surface area contributed by atoms with Crippen LogP contribution in [-0.4, -0.2) is 20.0 Å². The SMILES string of the molecule is Cc1cc(OC(F)F)cc([N+](=O)[O-])c1S(N)(=O)=O. The van der Waals surface area contributed by atoms with Crippen LogP contribution in [0.2, 0.25) is 0 Å². The second-order valence-electron chi connectivity index (χ2n) is 3.27. The van der Waals surface area contributed by atoms with Crippen LogP contribution in [0.15, 0.2) is 17.0 Å². The molecule has 1 rings (SSSR count). The summed E-state index contributed by atoms with van der Waals surface area (Å²) in [5.41, 5.74) is -1.06. The summed E-state index contributed by atoms with van der Waals surface area (Å²) in [6.07, 6.45) is 0. The van der Waals surface area contributed by atoms with E-state index < -0.39 is 37.9 Å². The number of nitro groups is 1. The molecule has 0 aliphatic carbocycles. The molecule has 0 heterocycles. The van der Waals surface area contributed by atoms with Crippen LogP contribution >= 0.6 is 0 Å². The normalized spacial score (nSPS) is 11.6. The maximum absolute atomic E-state index is 12.0. The van der Waals surface area contributed by atoms with Crippen molar-refractivity contribution in [3.63, 3.8) is 0 Å². The molecule has 0 fully saturated rings. The number of rotatable bonds is 4. The summed E-state index contributed by atoms with van der Waals surface area (Å²) in [6, 6.07) is 1.51. The molecule has 0 aliphatic rings. The lowest BCUT2D eigenvalue weighted by atomic mass is 10.2. The quantitative estimate of drug-likeness (QED) is 0.657. The number of ether oxygens (including phenoxy) is 1. The highest BCUT2D eigenvalue weighted by atomic mass is 32.2. The van der Waals surface area contributed by atoms with Gasteiger partial charge in [-0.2, -0.15) is 8.78 Å². The largest absolute Gasteiger partial charge is 0.435 e. The van der Waals surface area contributed by atoms with Crippen LogP contribution in [0.25, 0.3) is 0 Å². The summed E-state index contributed by atoms with van der Waals surface area (Å²) in [5, 5.41) is 15.5.